The first-order chi connectivity index (χ1) is 24.7. The fourth-order valence-electron chi connectivity index (χ4n) is 8.12. The van der Waals surface area contributed by atoms with E-state index in [-0.39, 0.29) is 36.3 Å². The summed E-state index contributed by atoms with van der Waals surface area (Å²) in [6.07, 6.45) is 4.85. The number of halogens is 1. The highest BCUT2D eigenvalue weighted by molar-refractivity contribution is 6.31. The summed E-state index contributed by atoms with van der Waals surface area (Å²) in [6.45, 7) is 2.76. The molecule has 51 heavy (non-hydrogen) atoms. The van der Waals surface area contributed by atoms with Crippen molar-refractivity contribution in [1.29, 1.82) is 5.26 Å². The standard InChI is InChI=1S/C37H37ClN8O5/c38-30-15-28(5-2-22(30)16-39)51-27-6-3-24(4-7-27)40-35(48)31-9-11-33(43-42-31)44-19-25-14-26(20-44)45(25)17-21-1-8-29-23(13-21)18-46(37(29)50)32-10-12-34(47)41-36(32)49/h1-2,5,8-9,11,13,15,24-27,32H,3-4,6-7,10,12,14,17-20H2,(H,40,48)(H,41,47,49)/t24-,25?,26?,27-,32?. The summed E-state index contributed by atoms with van der Waals surface area (Å²) < 4.78 is 6.07. The minimum atomic E-state index is -0.618. The molecule has 9 rings (SSSR count). The molecule has 2 bridgehead atoms. The summed E-state index contributed by atoms with van der Waals surface area (Å²) >= 11 is 6.14. The van der Waals surface area contributed by atoms with Gasteiger partial charge in [0.2, 0.25) is 11.8 Å². The van der Waals surface area contributed by atoms with Crippen molar-refractivity contribution >= 4 is 41.0 Å². The Balaban J connectivity index is 0.805. The highest BCUT2D eigenvalue weighted by Crippen LogP contribution is 2.36. The molecule has 2 N–H and O–H groups in total. The number of carbonyl (C=O) groups is 4. The molecule has 5 fully saturated rings. The van der Waals surface area contributed by atoms with E-state index in [1.54, 1.807) is 29.2 Å². The number of ether oxygens (including phenoxy) is 1. The van der Waals surface area contributed by atoms with Crippen molar-refractivity contribution in [2.75, 3.05) is 18.0 Å². The monoisotopic (exact) mass is 708 g/mol. The quantitative estimate of drug-likeness (QED) is 0.332. The molecule has 3 unspecified atom stereocenters. The zero-order valence-electron chi connectivity index (χ0n) is 27.9. The van der Waals surface area contributed by atoms with Gasteiger partial charge in [0.1, 0.15) is 17.9 Å². The van der Waals surface area contributed by atoms with Crippen molar-refractivity contribution < 1.29 is 23.9 Å². The Hall–Kier alpha value is -5.06. The number of anilines is 1. The largest absolute Gasteiger partial charge is 0.490 e. The average Bonchev–Trinajstić information content (AvgIpc) is 3.46. The lowest BCUT2D eigenvalue weighted by atomic mass is 9.86. The van der Waals surface area contributed by atoms with Crippen LogP contribution in [-0.2, 0) is 22.7 Å². The fraction of sp³-hybridized carbons (Fsp3) is 0.432. The third-order valence-electron chi connectivity index (χ3n) is 10.9. The van der Waals surface area contributed by atoms with E-state index in [2.05, 4.69) is 36.7 Å². The lowest BCUT2D eigenvalue weighted by molar-refractivity contribution is -0.136. The first-order valence-corrected chi connectivity index (χ1v) is 17.9. The predicted molar refractivity (Wildman–Crippen MR) is 185 cm³/mol. The van der Waals surface area contributed by atoms with Crippen molar-refractivity contribution in [3.8, 4) is 11.8 Å². The highest BCUT2D eigenvalue weighted by Gasteiger charge is 2.45. The van der Waals surface area contributed by atoms with Gasteiger partial charge in [-0.15, -0.1) is 10.2 Å². The molecule has 6 heterocycles. The summed E-state index contributed by atoms with van der Waals surface area (Å²) in [5, 5.41) is 23.6. The molecule has 0 radical (unpaired) electrons. The molecular formula is C37H37ClN8O5. The summed E-state index contributed by atoms with van der Waals surface area (Å²) in [4.78, 5) is 56.4. The second-order valence-electron chi connectivity index (χ2n) is 14.1. The smallest absolute Gasteiger partial charge is 0.272 e. The van der Waals surface area contributed by atoms with Crippen LogP contribution in [0.5, 0.6) is 5.75 Å². The van der Waals surface area contributed by atoms with Gasteiger partial charge in [0, 0.05) is 62.4 Å². The van der Waals surface area contributed by atoms with Crippen LogP contribution in [0.3, 0.4) is 0 Å². The Bertz CT molecular complexity index is 1930. The molecule has 4 saturated heterocycles. The second kappa shape index (κ2) is 13.6. The van der Waals surface area contributed by atoms with E-state index in [9.17, 15) is 19.2 Å². The first-order valence-electron chi connectivity index (χ1n) is 17.5. The van der Waals surface area contributed by atoms with Gasteiger partial charge < -0.3 is 19.9 Å². The Morgan fingerprint density at radius 3 is 2.51 bits per heavy atom. The van der Waals surface area contributed by atoms with E-state index < -0.39 is 11.9 Å². The average molecular weight is 709 g/mol. The van der Waals surface area contributed by atoms with Gasteiger partial charge in [-0.1, -0.05) is 23.7 Å². The summed E-state index contributed by atoms with van der Waals surface area (Å²) in [5.41, 5.74) is 3.37. The van der Waals surface area contributed by atoms with Gasteiger partial charge in [0.05, 0.1) is 16.7 Å². The van der Waals surface area contributed by atoms with Gasteiger partial charge in [0.15, 0.2) is 11.5 Å². The number of fused-ring (bicyclic) bond motifs is 3. The predicted octanol–water partition coefficient (Wildman–Crippen LogP) is 3.35. The minimum absolute atomic E-state index is 0.0183. The molecule has 13 nitrogen and oxygen atoms in total. The molecule has 1 aromatic heterocycles. The van der Waals surface area contributed by atoms with Gasteiger partial charge in [-0.05, 0) is 80.0 Å². The number of nitriles is 1. The molecule has 6 aliphatic rings. The van der Waals surface area contributed by atoms with Crippen molar-refractivity contribution in [3.63, 3.8) is 0 Å². The van der Waals surface area contributed by atoms with Gasteiger partial charge in [-0.2, -0.15) is 5.26 Å². The molecule has 14 heteroatoms. The van der Waals surface area contributed by atoms with Gasteiger partial charge >= 0.3 is 0 Å². The molecule has 262 valence electrons. The third kappa shape index (κ3) is 6.61. The topological polar surface area (TPSA) is 161 Å². The molecule has 4 amide bonds. The maximum absolute atomic E-state index is 13.1. The maximum Gasteiger partial charge on any atom is 0.272 e. The van der Waals surface area contributed by atoms with E-state index in [4.69, 9.17) is 21.6 Å². The maximum atomic E-state index is 13.1. The number of nitrogens with zero attached hydrogens (tertiary/aromatic N) is 6. The van der Waals surface area contributed by atoms with Gasteiger partial charge in [0.25, 0.3) is 11.8 Å². The molecule has 3 aromatic rings. The van der Waals surface area contributed by atoms with Crippen LogP contribution in [0.15, 0.2) is 48.5 Å². The molecule has 3 atom stereocenters. The van der Waals surface area contributed by atoms with Crippen molar-refractivity contribution in [1.82, 2.24) is 30.6 Å². The Kier molecular flexibility index (Phi) is 8.81. The van der Waals surface area contributed by atoms with E-state index in [0.717, 1.165) is 68.7 Å². The number of hydrogen-bond donors (Lipinski definition) is 2. The summed E-state index contributed by atoms with van der Waals surface area (Å²) in [5.74, 6) is 0.307. The molecule has 1 aliphatic carbocycles. The Morgan fingerprint density at radius 2 is 1.80 bits per heavy atom. The van der Waals surface area contributed by atoms with E-state index >= 15 is 0 Å². The second-order valence-corrected chi connectivity index (χ2v) is 14.5. The van der Waals surface area contributed by atoms with Crippen molar-refractivity contribution in [2.24, 2.45) is 0 Å². The number of benzene rings is 2. The van der Waals surface area contributed by atoms with E-state index in [1.165, 1.54) is 0 Å². The third-order valence-corrected chi connectivity index (χ3v) is 11.2. The number of hydrogen-bond acceptors (Lipinski definition) is 10. The number of nitrogens with one attached hydrogen (secondary N) is 2. The van der Waals surface area contributed by atoms with Crippen LogP contribution in [0.1, 0.15) is 82.5 Å². The number of rotatable bonds is 8. The number of imide groups is 1. The van der Waals surface area contributed by atoms with Gasteiger partial charge in [-0.3, -0.25) is 29.4 Å². The minimum Gasteiger partial charge on any atom is -0.490 e. The summed E-state index contributed by atoms with van der Waals surface area (Å²) in [6, 6.07) is 16.8. The number of aromatic nitrogens is 2. The van der Waals surface area contributed by atoms with Crippen LogP contribution in [-0.4, -0.2) is 87.0 Å². The normalized spacial score (nSPS) is 25.8. The van der Waals surface area contributed by atoms with Crippen LogP contribution < -0.4 is 20.3 Å². The highest BCUT2D eigenvalue weighted by atomic mass is 35.5. The van der Waals surface area contributed by atoms with Crippen LogP contribution >= 0.6 is 11.6 Å². The number of amides is 4. The van der Waals surface area contributed by atoms with E-state index in [0.29, 0.717) is 52.6 Å². The lowest BCUT2D eigenvalue weighted by Gasteiger charge is -2.56. The first kappa shape index (κ1) is 33.1. The van der Waals surface area contributed by atoms with Crippen LogP contribution in [0.4, 0.5) is 5.82 Å². The van der Waals surface area contributed by atoms with Gasteiger partial charge in [-0.25, -0.2) is 0 Å². The van der Waals surface area contributed by atoms with Crippen LogP contribution in [0, 0.1) is 11.3 Å². The fourth-order valence-corrected chi connectivity index (χ4v) is 8.33. The Labute approximate surface area is 299 Å². The molecule has 2 aromatic carbocycles. The summed E-state index contributed by atoms with van der Waals surface area (Å²) in [7, 11) is 0. The zero-order chi connectivity index (χ0) is 35.2. The number of carbonyl (C=O) groups excluding carboxylic acids is 4. The molecule has 0 spiro atoms. The van der Waals surface area contributed by atoms with Crippen molar-refractivity contribution in [2.45, 2.75) is 88.3 Å². The molecule has 1 saturated carbocycles. The van der Waals surface area contributed by atoms with Crippen LogP contribution in [0.2, 0.25) is 5.02 Å². The van der Waals surface area contributed by atoms with Crippen molar-refractivity contribution in [3.05, 3.63) is 81.5 Å². The lowest BCUT2D eigenvalue weighted by Crippen LogP contribution is -2.68. The SMILES string of the molecule is N#Cc1ccc(O[C@H]2CC[C@H](NC(=O)c3ccc(N4CC5CC(C4)N5Cc4ccc5c(c4)CN(C4CCC(=O)NC4=O)C5=O)nn3)CC2)cc1Cl. The number of piperidine rings is 2. The molecular weight excluding hydrogens is 672 g/mol. The zero-order valence-corrected chi connectivity index (χ0v) is 28.6. The number of piperazine rings is 1. The Morgan fingerprint density at radius 1 is 1.00 bits per heavy atom. The van der Waals surface area contributed by atoms with E-state index in [1.807, 2.05) is 24.3 Å². The molecule has 5 aliphatic heterocycles. The van der Waals surface area contributed by atoms with Crippen LogP contribution in [0.25, 0.3) is 0 Å².